The third-order valence-electron chi connectivity index (χ3n) is 8.03. The van der Waals surface area contributed by atoms with E-state index >= 15 is 0 Å². The van der Waals surface area contributed by atoms with Crippen molar-refractivity contribution in [3.63, 3.8) is 0 Å². The van der Waals surface area contributed by atoms with Crippen LogP contribution in [0.3, 0.4) is 0 Å². The second-order valence-corrected chi connectivity index (χ2v) is 10.3. The van der Waals surface area contributed by atoms with Gasteiger partial charge in [-0.2, -0.15) is 0 Å². The molecule has 194 valence electrons. The predicted molar refractivity (Wildman–Crippen MR) is 131 cm³/mol. The van der Waals surface area contributed by atoms with Crippen molar-refractivity contribution in [1.29, 1.82) is 0 Å². The van der Waals surface area contributed by atoms with Crippen LogP contribution in [0.25, 0.3) is 0 Å². The first-order valence-electron chi connectivity index (χ1n) is 13.4. The summed E-state index contributed by atoms with van der Waals surface area (Å²) in [6.45, 7) is 2.58. The summed E-state index contributed by atoms with van der Waals surface area (Å²) in [5.41, 5.74) is 0.901. The first-order valence-corrected chi connectivity index (χ1v) is 13.4. The Morgan fingerprint density at radius 1 is 0.722 bits per heavy atom. The van der Waals surface area contributed by atoms with Gasteiger partial charge in [-0.1, -0.05) is 30.3 Å². The van der Waals surface area contributed by atoms with Gasteiger partial charge in [0.15, 0.2) is 0 Å². The molecular formula is C27H36N4O5. The highest BCUT2D eigenvalue weighted by Crippen LogP contribution is 2.29. The minimum absolute atomic E-state index is 0.00573. The third kappa shape index (κ3) is 4.98. The molecule has 1 aromatic rings. The number of carbonyl (C=O) groups excluding carboxylic acids is 4. The first kappa shape index (κ1) is 24.7. The summed E-state index contributed by atoms with van der Waals surface area (Å²) >= 11 is 0. The van der Waals surface area contributed by atoms with Crippen molar-refractivity contribution in [3.05, 3.63) is 35.9 Å². The van der Waals surface area contributed by atoms with Crippen LogP contribution in [0.15, 0.2) is 30.3 Å². The molecule has 1 N–H and O–H groups in total. The fourth-order valence-corrected chi connectivity index (χ4v) is 6.15. The fraction of sp³-hybridized carbons (Fsp3) is 0.630. The molecule has 4 heterocycles. The Morgan fingerprint density at radius 2 is 1.28 bits per heavy atom. The van der Waals surface area contributed by atoms with Crippen LogP contribution in [0.2, 0.25) is 0 Å². The molecule has 0 unspecified atom stereocenters. The first-order chi connectivity index (χ1) is 17.5. The Morgan fingerprint density at radius 3 is 1.86 bits per heavy atom. The molecule has 4 atom stereocenters. The Balaban J connectivity index is 1.23. The van der Waals surface area contributed by atoms with E-state index in [1.165, 1.54) is 0 Å². The molecule has 0 radical (unpaired) electrons. The zero-order chi connectivity index (χ0) is 25.1. The minimum Gasteiger partial charge on any atom is -0.459 e. The van der Waals surface area contributed by atoms with E-state index in [2.05, 4.69) is 5.32 Å². The second kappa shape index (κ2) is 11.0. The number of amides is 3. The van der Waals surface area contributed by atoms with Crippen LogP contribution in [0, 0.1) is 0 Å². The molecule has 0 spiro atoms. The van der Waals surface area contributed by atoms with Crippen LogP contribution >= 0.6 is 0 Å². The van der Waals surface area contributed by atoms with E-state index < -0.39 is 24.1 Å². The molecule has 5 rings (SSSR count). The number of likely N-dealkylation sites (tertiary alicyclic amines) is 3. The highest BCUT2D eigenvalue weighted by atomic mass is 16.5. The molecule has 9 heteroatoms. The maximum absolute atomic E-state index is 13.6. The summed E-state index contributed by atoms with van der Waals surface area (Å²) in [5.74, 6) is -0.686. The fourth-order valence-electron chi connectivity index (χ4n) is 6.15. The van der Waals surface area contributed by atoms with Gasteiger partial charge in [0.2, 0.25) is 17.7 Å². The average molecular weight is 497 g/mol. The van der Waals surface area contributed by atoms with Gasteiger partial charge in [-0.3, -0.25) is 14.4 Å². The van der Waals surface area contributed by atoms with Crippen molar-refractivity contribution in [2.45, 2.75) is 82.1 Å². The van der Waals surface area contributed by atoms with Gasteiger partial charge in [0, 0.05) is 19.6 Å². The lowest BCUT2D eigenvalue weighted by molar-refractivity contribution is -0.157. The molecular weight excluding hydrogens is 460 g/mol. The largest absolute Gasteiger partial charge is 0.459 e. The Kier molecular flexibility index (Phi) is 7.55. The third-order valence-corrected chi connectivity index (χ3v) is 8.03. The average Bonchev–Trinajstić information content (AvgIpc) is 3.72. The highest BCUT2D eigenvalue weighted by molar-refractivity contribution is 5.95. The van der Waals surface area contributed by atoms with E-state index in [0.29, 0.717) is 38.9 Å². The molecule has 3 amide bonds. The summed E-state index contributed by atoms with van der Waals surface area (Å²) in [4.78, 5) is 58.2. The number of benzene rings is 1. The molecule has 4 saturated heterocycles. The van der Waals surface area contributed by atoms with Crippen LogP contribution in [0.5, 0.6) is 0 Å². The molecule has 0 bridgehead atoms. The van der Waals surface area contributed by atoms with Crippen molar-refractivity contribution in [2.75, 3.05) is 26.2 Å². The van der Waals surface area contributed by atoms with E-state index in [-0.39, 0.29) is 30.4 Å². The van der Waals surface area contributed by atoms with Gasteiger partial charge < -0.3 is 24.8 Å². The number of hydrogen-bond acceptors (Lipinski definition) is 6. The van der Waals surface area contributed by atoms with Crippen LogP contribution < -0.4 is 5.32 Å². The lowest BCUT2D eigenvalue weighted by Gasteiger charge is -2.34. The zero-order valence-corrected chi connectivity index (χ0v) is 20.8. The number of nitrogens with one attached hydrogen (secondary N) is 1. The minimum atomic E-state index is -0.614. The number of ether oxygens (including phenoxy) is 1. The van der Waals surface area contributed by atoms with Crippen molar-refractivity contribution in [3.8, 4) is 0 Å². The number of carbonyl (C=O) groups is 4. The van der Waals surface area contributed by atoms with Crippen molar-refractivity contribution < 1.29 is 23.9 Å². The summed E-state index contributed by atoms with van der Waals surface area (Å²) in [6, 6.07) is 7.58. The number of nitrogens with zero attached hydrogens (tertiary/aromatic N) is 3. The van der Waals surface area contributed by atoms with Crippen LogP contribution in [0.4, 0.5) is 0 Å². The lowest BCUT2D eigenvalue weighted by Crippen LogP contribution is -2.56. The molecule has 0 aliphatic carbocycles. The standard InChI is InChI=1S/C27H36N4O5/c32-24(20-10-4-14-28-20)29-15-5-11-21(29)25(33)30-16-6-12-22(30)26(34)31-17-7-13-23(31)27(35)36-18-19-8-2-1-3-9-19/h1-3,8-9,20-23,28H,4-7,10-18H2/t20-,21-,22-,23-/m0/s1. The Bertz CT molecular complexity index is 980. The summed E-state index contributed by atoms with van der Waals surface area (Å²) in [5, 5.41) is 3.24. The molecule has 9 nitrogen and oxygen atoms in total. The van der Waals surface area contributed by atoms with Gasteiger partial charge in [0.1, 0.15) is 24.7 Å². The van der Waals surface area contributed by atoms with Crippen molar-refractivity contribution in [1.82, 2.24) is 20.0 Å². The van der Waals surface area contributed by atoms with Gasteiger partial charge in [-0.05, 0) is 63.5 Å². The van der Waals surface area contributed by atoms with E-state index in [4.69, 9.17) is 4.74 Å². The highest BCUT2D eigenvalue weighted by Gasteiger charge is 2.46. The second-order valence-electron chi connectivity index (χ2n) is 10.3. The van der Waals surface area contributed by atoms with Gasteiger partial charge in [0.25, 0.3) is 0 Å². The van der Waals surface area contributed by atoms with Crippen LogP contribution in [-0.2, 0) is 30.5 Å². The number of hydrogen-bond donors (Lipinski definition) is 1. The number of rotatable bonds is 6. The smallest absolute Gasteiger partial charge is 0.329 e. The van der Waals surface area contributed by atoms with Gasteiger partial charge >= 0.3 is 5.97 Å². The van der Waals surface area contributed by atoms with E-state index in [9.17, 15) is 19.2 Å². The van der Waals surface area contributed by atoms with E-state index in [1.807, 2.05) is 30.3 Å². The normalized spacial score (nSPS) is 28.1. The van der Waals surface area contributed by atoms with Gasteiger partial charge in [-0.15, -0.1) is 0 Å². The van der Waals surface area contributed by atoms with Crippen LogP contribution in [-0.4, -0.2) is 88.7 Å². The predicted octanol–water partition coefficient (Wildman–Crippen LogP) is 1.45. The molecule has 1 aromatic carbocycles. The maximum Gasteiger partial charge on any atom is 0.329 e. The Labute approximate surface area is 212 Å². The molecule has 0 saturated carbocycles. The van der Waals surface area contributed by atoms with Gasteiger partial charge in [0.05, 0.1) is 6.04 Å². The quantitative estimate of drug-likeness (QED) is 0.599. The summed E-state index contributed by atoms with van der Waals surface area (Å²) in [6.07, 6.45) is 5.82. The van der Waals surface area contributed by atoms with Gasteiger partial charge in [-0.25, -0.2) is 4.79 Å². The van der Waals surface area contributed by atoms with Crippen LogP contribution in [0.1, 0.15) is 56.9 Å². The lowest BCUT2D eigenvalue weighted by atomic mass is 10.1. The zero-order valence-electron chi connectivity index (χ0n) is 20.8. The van der Waals surface area contributed by atoms with E-state index in [1.54, 1.807) is 14.7 Å². The molecule has 4 aliphatic rings. The molecule has 36 heavy (non-hydrogen) atoms. The summed E-state index contributed by atoms with van der Waals surface area (Å²) < 4.78 is 5.54. The SMILES string of the molecule is O=C(OCc1ccccc1)[C@@H]1CCCN1C(=O)[C@@H]1CCCN1C(=O)[C@@H]1CCCN1C(=O)[C@@H]1CCCN1. The maximum atomic E-state index is 13.6. The number of esters is 1. The topological polar surface area (TPSA) is 99.3 Å². The summed E-state index contributed by atoms with van der Waals surface area (Å²) in [7, 11) is 0. The van der Waals surface area contributed by atoms with Crippen molar-refractivity contribution in [2.24, 2.45) is 0 Å². The Hall–Kier alpha value is -2.94. The molecule has 4 fully saturated rings. The van der Waals surface area contributed by atoms with Crippen molar-refractivity contribution >= 4 is 23.7 Å². The van der Waals surface area contributed by atoms with E-state index in [0.717, 1.165) is 44.2 Å². The molecule has 0 aromatic heterocycles. The molecule has 4 aliphatic heterocycles. The monoisotopic (exact) mass is 496 g/mol.